The van der Waals surface area contributed by atoms with Crippen molar-refractivity contribution in [3.05, 3.63) is 5.28 Å². The van der Waals surface area contributed by atoms with E-state index in [4.69, 9.17) is 11.6 Å². The van der Waals surface area contributed by atoms with Crippen molar-refractivity contribution in [3.8, 4) is 0 Å². The average molecular weight is 246 g/mol. The van der Waals surface area contributed by atoms with Crippen molar-refractivity contribution in [1.29, 1.82) is 0 Å². The third kappa shape index (κ3) is 3.18. The molecule has 0 bridgehead atoms. The highest BCUT2D eigenvalue weighted by molar-refractivity contribution is 6.28. The Kier molecular flexibility index (Phi) is 4.26. The molecule has 16 heavy (non-hydrogen) atoms. The summed E-state index contributed by atoms with van der Waals surface area (Å²) in [4.78, 5) is 11.9. The van der Waals surface area contributed by atoms with Crippen molar-refractivity contribution in [2.45, 2.75) is 25.8 Å². The Balaban J connectivity index is 2.92. The van der Waals surface area contributed by atoms with E-state index in [1.165, 1.54) is 0 Å². The van der Waals surface area contributed by atoms with Crippen LogP contribution in [0.4, 0.5) is 11.9 Å². The van der Waals surface area contributed by atoms with E-state index in [1.807, 2.05) is 13.8 Å². The van der Waals surface area contributed by atoms with Crippen LogP contribution < -0.4 is 10.6 Å². The van der Waals surface area contributed by atoms with Crippen molar-refractivity contribution >= 4 is 23.5 Å². The predicted octanol–water partition coefficient (Wildman–Crippen LogP) is 1.14. The van der Waals surface area contributed by atoms with Gasteiger partial charge < -0.3 is 15.7 Å². The van der Waals surface area contributed by atoms with E-state index in [0.717, 1.165) is 6.42 Å². The van der Waals surface area contributed by atoms with Crippen molar-refractivity contribution in [3.63, 3.8) is 0 Å². The Morgan fingerprint density at radius 1 is 1.31 bits per heavy atom. The minimum Gasteiger partial charge on any atom is -0.394 e. The second-order valence-corrected chi connectivity index (χ2v) is 4.04. The largest absolute Gasteiger partial charge is 0.394 e. The van der Waals surface area contributed by atoms with Gasteiger partial charge in [0.1, 0.15) is 0 Å². The smallest absolute Gasteiger partial charge is 0.229 e. The van der Waals surface area contributed by atoms with Crippen LogP contribution in [0.1, 0.15) is 20.3 Å². The van der Waals surface area contributed by atoms with Gasteiger partial charge in [-0.1, -0.05) is 6.92 Å². The number of rotatable bonds is 5. The molecule has 0 spiro atoms. The highest BCUT2D eigenvalue weighted by atomic mass is 35.5. The molecule has 1 aromatic rings. The molecule has 0 aliphatic heterocycles. The second kappa shape index (κ2) is 5.27. The van der Waals surface area contributed by atoms with Gasteiger partial charge >= 0.3 is 0 Å². The zero-order chi connectivity index (χ0) is 12.2. The van der Waals surface area contributed by atoms with E-state index >= 15 is 0 Å². The maximum atomic E-state index is 9.26. The summed E-state index contributed by atoms with van der Waals surface area (Å²) >= 11 is 5.74. The lowest BCUT2D eigenvalue weighted by Crippen LogP contribution is -2.38. The predicted molar refractivity (Wildman–Crippen MR) is 63.8 cm³/mol. The maximum Gasteiger partial charge on any atom is 0.229 e. The molecule has 1 atom stereocenters. The summed E-state index contributed by atoms with van der Waals surface area (Å²) in [5.41, 5.74) is -0.463. The van der Waals surface area contributed by atoms with Crippen molar-refractivity contribution in [2.24, 2.45) is 0 Å². The number of aliphatic hydroxyl groups excluding tert-OH is 1. The lowest BCUT2D eigenvalue weighted by molar-refractivity contribution is 0.218. The fraction of sp³-hybridized carbons (Fsp3) is 0.667. The van der Waals surface area contributed by atoms with Crippen molar-refractivity contribution in [2.75, 3.05) is 24.3 Å². The van der Waals surface area contributed by atoms with Gasteiger partial charge in [-0.2, -0.15) is 15.0 Å². The van der Waals surface area contributed by atoms with E-state index in [2.05, 4.69) is 25.6 Å². The maximum absolute atomic E-state index is 9.26. The number of anilines is 2. The summed E-state index contributed by atoms with van der Waals surface area (Å²) in [6.07, 6.45) is 0.738. The topological polar surface area (TPSA) is 83.0 Å². The summed E-state index contributed by atoms with van der Waals surface area (Å²) in [5.74, 6) is 0.738. The van der Waals surface area contributed by atoms with Crippen LogP contribution in [0, 0.1) is 0 Å². The van der Waals surface area contributed by atoms with Gasteiger partial charge in [0, 0.05) is 7.05 Å². The molecule has 0 aromatic carbocycles. The molecule has 0 fully saturated rings. The van der Waals surface area contributed by atoms with E-state index in [0.29, 0.717) is 11.9 Å². The molecule has 0 saturated carbocycles. The quantitative estimate of drug-likeness (QED) is 0.722. The SMILES string of the molecule is CCC(C)(CO)Nc1nc(Cl)nc(NC)n1. The molecular weight excluding hydrogens is 230 g/mol. The number of hydrogen-bond acceptors (Lipinski definition) is 6. The fourth-order valence-electron chi connectivity index (χ4n) is 1.03. The molecule has 90 valence electrons. The zero-order valence-corrected chi connectivity index (χ0v) is 10.3. The summed E-state index contributed by atoms with van der Waals surface area (Å²) in [7, 11) is 1.69. The average Bonchev–Trinajstić information content (AvgIpc) is 2.28. The number of hydrogen-bond donors (Lipinski definition) is 3. The number of nitrogens with one attached hydrogen (secondary N) is 2. The summed E-state index contributed by atoms with van der Waals surface area (Å²) in [5, 5.41) is 15.2. The summed E-state index contributed by atoms with van der Waals surface area (Å²) in [6.45, 7) is 3.83. The van der Waals surface area contributed by atoms with Crippen LogP contribution in [-0.4, -0.2) is 39.3 Å². The van der Waals surface area contributed by atoms with Crippen LogP contribution in [0.3, 0.4) is 0 Å². The minimum absolute atomic E-state index is 0.0122. The molecule has 3 N–H and O–H groups in total. The summed E-state index contributed by atoms with van der Waals surface area (Å²) < 4.78 is 0. The standard InChI is InChI=1S/C9H16ClN5O/c1-4-9(2,5-16)15-8-13-6(10)12-7(11-3)14-8/h16H,4-5H2,1-3H3,(H2,11,12,13,14,15). The third-order valence-corrected chi connectivity index (χ3v) is 2.54. The first kappa shape index (κ1) is 12.9. The lowest BCUT2D eigenvalue weighted by atomic mass is 10.0. The van der Waals surface area contributed by atoms with Crippen LogP contribution in [0.5, 0.6) is 0 Å². The van der Waals surface area contributed by atoms with Crippen molar-refractivity contribution < 1.29 is 5.11 Å². The molecule has 1 unspecified atom stereocenters. The molecule has 1 rings (SSSR count). The first-order valence-electron chi connectivity index (χ1n) is 5.01. The Morgan fingerprint density at radius 2 is 1.94 bits per heavy atom. The van der Waals surface area contributed by atoms with E-state index in [-0.39, 0.29) is 11.9 Å². The highest BCUT2D eigenvalue weighted by Crippen LogP contribution is 2.16. The van der Waals surface area contributed by atoms with Gasteiger partial charge in [-0.05, 0) is 24.9 Å². The van der Waals surface area contributed by atoms with Crippen LogP contribution in [0.25, 0.3) is 0 Å². The van der Waals surface area contributed by atoms with Crippen molar-refractivity contribution in [1.82, 2.24) is 15.0 Å². The Bertz CT molecular complexity index is 356. The molecular formula is C9H16ClN5O. The second-order valence-electron chi connectivity index (χ2n) is 3.70. The van der Waals surface area contributed by atoms with Gasteiger partial charge in [-0.25, -0.2) is 0 Å². The Morgan fingerprint density at radius 3 is 2.44 bits per heavy atom. The molecule has 1 aromatic heterocycles. The first-order chi connectivity index (χ1) is 7.53. The molecule has 1 heterocycles. The number of aromatic nitrogens is 3. The van der Waals surface area contributed by atoms with Gasteiger partial charge in [-0.3, -0.25) is 0 Å². The number of nitrogens with zero attached hydrogens (tertiary/aromatic N) is 3. The Labute approximate surface area is 99.5 Å². The number of halogens is 1. The van der Waals surface area contributed by atoms with E-state index in [1.54, 1.807) is 7.05 Å². The third-order valence-electron chi connectivity index (χ3n) is 2.37. The summed E-state index contributed by atoms with van der Waals surface area (Å²) in [6, 6.07) is 0. The van der Waals surface area contributed by atoms with Crippen LogP contribution in [0.2, 0.25) is 5.28 Å². The van der Waals surface area contributed by atoms with Gasteiger partial charge in [0.2, 0.25) is 17.2 Å². The molecule has 0 radical (unpaired) electrons. The fourth-order valence-corrected chi connectivity index (χ4v) is 1.19. The van der Waals surface area contributed by atoms with Gasteiger partial charge in [0.05, 0.1) is 12.1 Å². The van der Waals surface area contributed by atoms with E-state index < -0.39 is 5.54 Å². The lowest BCUT2D eigenvalue weighted by Gasteiger charge is -2.27. The molecule has 7 heteroatoms. The van der Waals surface area contributed by atoms with Crippen LogP contribution >= 0.6 is 11.6 Å². The van der Waals surface area contributed by atoms with Gasteiger partial charge in [0.25, 0.3) is 0 Å². The molecule has 0 saturated heterocycles. The number of aliphatic hydroxyl groups is 1. The van der Waals surface area contributed by atoms with Gasteiger partial charge in [0.15, 0.2) is 0 Å². The Hall–Kier alpha value is -1.14. The molecule has 6 nitrogen and oxygen atoms in total. The molecule has 0 aliphatic carbocycles. The zero-order valence-electron chi connectivity index (χ0n) is 9.58. The normalized spacial score (nSPS) is 14.3. The molecule has 0 amide bonds. The van der Waals surface area contributed by atoms with Crippen LogP contribution in [-0.2, 0) is 0 Å². The monoisotopic (exact) mass is 245 g/mol. The van der Waals surface area contributed by atoms with Gasteiger partial charge in [-0.15, -0.1) is 0 Å². The molecule has 0 aliphatic rings. The first-order valence-corrected chi connectivity index (χ1v) is 5.39. The highest BCUT2D eigenvalue weighted by Gasteiger charge is 2.22. The van der Waals surface area contributed by atoms with E-state index in [9.17, 15) is 5.11 Å². The van der Waals surface area contributed by atoms with Crippen LogP contribution in [0.15, 0.2) is 0 Å². The minimum atomic E-state index is -0.463.